The molecule has 3 N–H and O–H groups in total. The van der Waals surface area contributed by atoms with Gasteiger partial charge in [0.2, 0.25) is 11.8 Å². The van der Waals surface area contributed by atoms with Gasteiger partial charge in [0.25, 0.3) is 5.91 Å². The van der Waals surface area contributed by atoms with Gasteiger partial charge >= 0.3 is 0 Å². The number of nitrogens with one attached hydrogen (secondary N) is 3. The van der Waals surface area contributed by atoms with Gasteiger partial charge in [-0.3, -0.25) is 14.4 Å². The molecule has 156 valence electrons. The number of hydrogen-bond acceptors (Lipinski definition) is 6. The summed E-state index contributed by atoms with van der Waals surface area (Å²) in [5, 5.41) is 13.6. The number of benzene rings is 1. The first-order chi connectivity index (χ1) is 14.4. The highest BCUT2D eigenvalue weighted by Crippen LogP contribution is 2.28. The van der Waals surface area contributed by atoms with Gasteiger partial charge in [-0.1, -0.05) is 0 Å². The molecule has 0 bridgehead atoms. The second kappa shape index (κ2) is 10.1. The summed E-state index contributed by atoms with van der Waals surface area (Å²) in [7, 11) is 0. The topological polar surface area (TPSA) is 100 Å². The fourth-order valence-electron chi connectivity index (χ4n) is 2.59. The van der Waals surface area contributed by atoms with Crippen molar-refractivity contribution in [3.8, 4) is 11.3 Å². The van der Waals surface area contributed by atoms with E-state index in [2.05, 4.69) is 20.9 Å². The number of anilines is 2. The molecule has 0 radical (unpaired) electrons. The van der Waals surface area contributed by atoms with Crippen molar-refractivity contribution in [2.75, 3.05) is 17.2 Å². The van der Waals surface area contributed by atoms with E-state index in [1.54, 1.807) is 22.9 Å². The normalized spacial score (nSPS) is 10.5. The molecular weight excluding hydrogens is 427 g/mol. The minimum absolute atomic E-state index is 0.159. The van der Waals surface area contributed by atoms with Crippen LogP contribution in [0.5, 0.6) is 0 Å². The highest BCUT2D eigenvalue weighted by Gasteiger charge is 2.12. The molecule has 0 aliphatic heterocycles. The van der Waals surface area contributed by atoms with Crippen LogP contribution in [0.15, 0.2) is 40.4 Å². The Morgan fingerprint density at radius 1 is 1.13 bits per heavy atom. The van der Waals surface area contributed by atoms with Crippen molar-refractivity contribution in [2.45, 2.75) is 19.8 Å². The highest BCUT2D eigenvalue weighted by molar-refractivity contribution is 7.14. The van der Waals surface area contributed by atoms with Gasteiger partial charge in [-0.15, -0.1) is 11.3 Å². The molecule has 3 aromatic rings. The van der Waals surface area contributed by atoms with Crippen LogP contribution in [0.1, 0.15) is 30.1 Å². The molecule has 3 rings (SSSR count). The van der Waals surface area contributed by atoms with E-state index in [-0.39, 0.29) is 29.7 Å². The van der Waals surface area contributed by atoms with Crippen LogP contribution in [0.25, 0.3) is 11.3 Å². The number of rotatable bonds is 8. The summed E-state index contributed by atoms with van der Waals surface area (Å²) < 4.78 is 14.3. The largest absolute Gasteiger partial charge is 0.352 e. The lowest BCUT2D eigenvalue weighted by molar-refractivity contribution is -0.116. The predicted octanol–water partition coefficient (Wildman–Crippen LogP) is 4.12. The van der Waals surface area contributed by atoms with Crippen molar-refractivity contribution in [3.05, 3.63) is 51.8 Å². The molecule has 30 heavy (non-hydrogen) atoms. The van der Waals surface area contributed by atoms with E-state index in [0.717, 1.165) is 0 Å². The summed E-state index contributed by atoms with van der Waals surface area (Å²) in [6.45, 7) is 1.73. The van der Waals surface area contributed by atoms with Crippen molar-refractivity contribution in [1.29, 1.82) is 0 Å². The molecule has 3 amide bonds. The number of halogens is 1. The number of carbonyl (C=O) groups is 3. The van der Waals surface area contributed by atoms with E-state index in [9.17, 15) is 18.8 Å². The van der Waals surface area contributed by atoms with E-state index < -0.39 is 5.82 Å². The zero-order chi connectivity index (χ0) is 21.5. The first-order valence-electron chi connectivity index (χ1n) is 9.05. The maximum Gasteiger partial charge on any atom is 0.252 e. The summed E-state index contributed by atoms with van der Waals surface area (Å²) in [6, 6.07) is 6.07. The molecular formula is C20H19FN4O3S2. The van der Waals surface area contributed by atoms with E-state index in [0.29, 0.717) is 35.0 Å². The number of nitrogens with zero attached hydrogens (tertiary/aromatic N) is 1. The lowest BCUT2D eigenvalue weighted by Gasteiger charge is -2.05. The Morgan fingerprint density at radius 3 is 2.67 bits per heavy atom. The Kier molecular flexibility index (Phi) is 7.26. The third kappa shape index (κ3) is 5.94. The average Bonchev–Trinajstić information content (AvgIpc) is 3.37. The maximum absolute atomic E-state index is 14.3. The highest BCUT2D eigenvalue weighted by atomic mass is 32.1. The van der Waals surface area contributed by atoms with Crippen LogP contribution < -0.4 is 16.0 Å². The maximum atomic E-state index is 14.3. The lowest BCUT2D eigenvalue weighted by atomic mass is 10.1. The standard InChI is InChI=1S/C20H19FN4O3S2/c1-12(26)23-14-4-5-15(16(21)9-14)17-11-30-20(24-17)25-18(27)3-2-7-22-19(28)13-6-8-29-10-13/h4-6,8-11H,2-3,7H2,1H3,(H,22,28)(H,23,26)(H,24,25,27). The number of thiazole rings is 1. The fourth-order valence-corrected chi connectivity index (χ4v) is 3.95. The zero-order valence-electron chi connectivity index (χ0n) is 16.0. The molecule has 0 unspecified atom stereocenters. The Hall–Kier alpha value is -3.11. The van der Waals surface area contributed by atoms with Gasteiger partial charge in [-0.25, -0.2) is 9.37 Å². The lowest BCUT2D eigenvalue weighted by Crippen LogP contribution is -2.25. The van der Waals surface area contributed by atoms with E-state index in [1.165, 1.54) is 41.7 Å². The SMILES string of the molecule is CC(=O)Nc1ccc(-c2csc(NC(=O)CCCNC(=O)c3ccsc3)n2)c(F)c1. The molecule has 2 heterocycles. The van der Waals surface area contributed by atoms with Crippen LogP contribution in [0, 0.1) is 5.82 Å². The van der Waals surface area contributed by atoms with Crippen molar-refractivity contribution >= 4 is 51.2 Å². The Bertz CT molecular complexity index is 1050. The number of thiophene rings is 1. The molecule has 0 atom stereocenters. The summed E-state index contributed by atoms with van der Waals surface area (Å²) in [4.78, 5) is 39.2. The quantitative estimate of drug-likeness (QED) is 0.453. The first kappa shape index (κ1) is 21.6. The Balaban J connectivity index is 1.48. The smallest absolute Gasteiger partial charge is 0.252 e. The molecule has 0 spiro atoms. The van der Waals surface area contributed by atoms with E-state index in [1.807, 2.05) is 5.38 Å². The molecule has 0 saturated carbocycles. The van der Waals surface area contributed by atoms with Crippen LogP contribution in [0.3, 0.4) is 0 Å². The van der Waals surface area contributed by atoms with Gasteiger partial charge in [-0.05, 0) is 36.1 Å². The molecule has 7 nitrogen and oxygen atoms in total. The van der Waals surface area contributed by atoms with Crippen LogP contribution >= 0.6 is 22.7 Å². The monoisotopic (exact) mass is 446 g/mol. The summed E-state index contributed by atoms with van der Waals surface area (Å²) in [5.41, 5.74) is 1.64. The van der Waals surface area contributed by atoms with Crippen molar-refractivity contribution in [3.63, 3.8) is 0 Å². The van der Waals surface area contributed by atoms with Crippen molar-refractivity contribution < 1.29 is 18.8 Å². The van der Waals surface area contributed by atoms with Gasteiger partial charge in [0.1, 0.15) is 5.82 Å². The summed E-state index contributed by atoms with van der Waals surface area (Å²) in [5.74, 6) is -1.20. The van der Waals surface area contributed by atoms with Crippen molar-refractivity contribution in [2.24, 2.45) is 0 Å². The molecule has 10 heteroatoms. The van der Waals surface area contributed by atoms with Gasteiger partial charge in [0.05, 0.1) is 5.69 Å². The number of carbonyl (C=O) groups excluding carboxylic acids is 3. The molecule has 0 aliphatic rings. The van der Waals surface area contributed by atoms with Crippen LogP contribution in [0.4, 0.5) is 15.2 Å². The van der Waals surface area contributed by atoms with Crippen molar-refractivity contribution in [1.82, 2.24) is 10.3 Å². The van der Waals surface area contributed by atoms with E-state index in [4.69, 9.17) is 0 Å². The third-order valence-electron chi connectivity index (χ3n) is 3.97. The Morgan fingerprint density at radius 2 is 1.97 bits per heavy atom. The van der Waals surface area contributed by atoms with E-state index >= 15 is 0 Å². The van der Waals surface area contributed by atoms with Crippen LogP contribution in [0.2, 0.25) is 0 Å². The molecule has 2 aromatic heterocycles. The Labute approximate surface area is 180 Å². The van der Waals surface area contributed by atoms with Gasteiger partial charge in [0.15, 0.2) is 5.13 Å². The molecule has 1 aromatic carbocycles. The van der Waals surface area contributed by atoms with Gasteiger partial charge in [-0.2, -0.15) is 11.3 Å². The van der Waals surface area contributed by atoms with Gasteiger partial charge in [0, 0.05) is 47.5 Å². The first-order valence-corrected chi connectivity index (χ1v) is 10.9. The third-order valence-corrected chi connectivity index (χ3v) is 5.41. The summed E-state index contributed by atoms with van der Waals surface area (Å²) >= 11 is 2.64. The number of hydrogen-bond donors (Lipinski definition) is 3. The predicted molar refractivity (Wildman–Crippen MR) is 116 cm³/mol. The fraction of sp³-hybridized carbons (Fsp3) is 0.200. The number of amides is 3. The number of aromatic nitrogens is 1. The zero-order valence-corrected chi connectivity index (χ0v) is 17.7. The molecule has 0 fully saturated rings. The van der Waals surface area contributed by atoms with Crippen LogP contribution in [-0.4, -0.2) is 29.3 Å². The minimum atomic E-state index is -0.522. The molecule has 0 saturated heterocycles. The van der Waals surface area contributed by atoms with Crippen LogP contribution in [-0.2, 0) is 9.59 Å². The minimum Gasteiger partial charge on any atom is -0.352 e. The average molecular weight is 447 g/mol. The second-order valence-electron chi connectivity index (χ2n) is 6.33. The second-order valence-corrected chi connectivity index (χ2v) is 7.97. The van der Waals surface area contributed by atoms with Gasteiger partial charge < -0.3 is 16.0 Å². The summed E-state index contributed by atoms with van der Waals surface area (Å²) in [6.07, 6.45) is 0.706. The molecule has 0 aliphatic carbocycles.